The fraction of sp³-hybridized carbons (Fsp3) is 0.800. The summed E-state index contributed by atoms with van der Waals surface area (Å²) in [4.78, 5) is 22.7. The van der Waals surface area contributed by atoms with Gasteiger partial charge in [0, 0.05) is 12.7 Å². The highest BCUT2D eigenvalue weighted by Gasteiger charge is 2.48. The number of carbonyl (C=O) groups is 2. The van der Waals surface area contributed by atoms with Gasteiger partial charge in [0.1, 0.15) is 6.10 Å². The van der Waals surface area contributed by atoms with Crippen LogP contribution >= 0.6 is 0 Å². The number of nitrogens with one attached hydrogen (secondary N) is 1. The Labute approximate surface area is 106 Å². The topological polar surface area (TPSA) is 98.8 Å². The maximum Gasteiger partial charge on any atom is 0.407 e. The van der Waals surface area contributed by atoms with E-state index in [1.165, 1.54) is 6.92 Å². The number of cyclic esters (lactones) is 1. The average Bonchev–Trinajstić information content (AvgIpc) is 2.62. The van der Waals surface area contributed by atoms with E-state index in [4.69, 9.17) is 9.47 Å². The number of rotatable bonds is 5. The lowest BCUT2D eigenvalue weighted by Gasteiger charge is -2.26. The molecule has 18 heavy (non-hydrogen) atoms. The molecule has 7 nitrogen and oxygen atoms in total. The molecular formula is C10H17NO6S. The van der Waals surface area contributed by atoms with Gasteiger partial charge in [-0.3, -0.25) is 4.79 Å². The van der Waals surface area contributed by atoms with Crippen molar-refractivity contribution in [1.29, 1.82) is 0 Å². The first-order chi connectivity index (χ1) is 8.20. The molecule has 0 radical (unpaired) electrons. The van der Waals surface area contributed by atoms with Crippen LogP contribution in [-0.4, -0.2) is 50.7 Å². The van der Waals surface area contributed by atoms with Gasteiger partial charge in [0.15, 0.2) is 14.6 Å². The number of alkyl carbamates (subject to hydrolysis) is 1. The van der Waals surface area contributed by atoms with Gasteiger partial charge < -0.3 is 14.8 Å². The summed E-state index contributed by atoms with van der Waals surface area (Å²) < 4.78 is 31.5. The fourth-order valence-electron chi connectivity index (χ4n) is 1.65. The van der Waals surface area contributed by atoms with Crippen LogP contribution < -0.4 is 5.32 Å². The molecule has 1 N–H and O–H groups in total. The van der Waals surface area contributed by atoms with Crippen molar-refractivity contribution < 1.29 is 27.5 Å². The predicted molar refractivity (Wildman–Crippen MR) is 62.8 cm³/mol. The Morgan fingerprint density at radius 3 is 2.61 bits per heavy atom. The fourth-order valence-corrected chi connectivity index (χ4v) is 2.50. The van der Waals surface area contributed by atoms with Gasteiger partial charge >= 0.3 is 12.1 Å². The van der Waals surface area contributed by atoms with E-state index in [0.717, 1.165) is 6.26 Å². The summed E-state index contributed by atoms with van der Waals surface area (Å²) in [6.07, 6.45) is -0.418. The van der Waals surface area contributed by atoms with Gasteiger partial charge in [-0.15, -0.1) is 0 Å². The van der Waals surface area contributed by atoms with Gasteiger partial charge in [-0.2, -0.15) is 0 Å². The monoisotopic (exact) mass is 279 g/mol. The van der Waals surface area contributed by atoms with Crippen LogP contribution in [0.25, 0.3) is 0 Å². The molecule has 0 saturated carbocycles. The van der Waals surface area contributed by atoms with Crippen molar-refractivity contribution in [2.45, 2.75) is 31.1 Å². The molecule has 0 aromatic heterocycles. The van der Waals surface area contributed by atoms with E-state index >= 15 is 0 Å². The first kappa shape index (κ1) is 14.7. The molecule has 0 aromatic rings. The first-order valence-electron chi connectivity index (χ1n) is 5.52. The lowest BCUT2D eigenvalue weighted by molar-refractivity contribution is -0.146. The van der Waals surface area contributed by atoms with Crippen molar-refractivity contribution >= 4 is 21.9 Å². The van der Waals surface area contributed by atoms with E-state index in [2.05, 4.69) is 5.32 Å². The zero-order chi connectivity index (χ0) is 14.0. The highest BCUT2D eigenvalue weighted by Crippen LogP contribution is 2.26. The van der Waals surface area contributed by atoms with Crippen molar-refractivity contribution in [2.24, 2.45) is 0 Å². The van der Waals surface area contributed by atoms with Crippen molar-refractivity contribution in [1.82, 2.24) is 5.32 Å². The largest absolute Gasteiger partial charge is 0.465 e. The Morgan fingerprint density at radius 1 is 1.61 bits per heavy atom. The second kappa shape index (κ2) is 5.13. The molecule has 104 valence electrons. The molecule has 0 aliphatic carbocycles. The van der Waals surface area contributed by atoms with E-state index in [1.54, 1.807) is 6.92 Å². The van der Waals surface area contributed by atoms with Gasteiger partial charge in [-0.05, 0) is 13.8 Å². The van der Waals surface area contributed by atoms with E-state index in [9.17, 15) is 18.0 Å². The van der Waals surface area contributed by atoms with Crippen LogP contribution in [0, 0.1) is 0 Å². The maximum absolute atomic E-state index is 11.8. The van der Waals surface area contributed by atoms with Crippen LogP contribution in [0.4, 0.5) is 4.79 Å². The normalized spacial score (nSPS) is 22.8. The van der Waals surface area contributed by atoms with Crippen molar-refractivity contribution in [3.05, 3.63) is 0 Å². The second-order valence-corrected chi connectivity index (χ2v) is 6.78. The Morgan fingerprint density at radius 2 is 2.22 bits per heavy atom. The number of hydrogen-bond donors (Lipinski definition) is 1. The van der Waals surface area contributed by atoms with E-state index in [1.807, 2.05) is 0 Å². The molecule has 2 unspecified atom stereocenters. The molecular weight excluding hydrogens is 262 g/mol. The summed E-state index contributed by atoms with van der Waals surface area (Å²) in [5.74, 6) is -0.824. The quantitative estimate of drug-likeness (QED) is 0.703. The molecule has 1 saturated heterocycles. The van der Waals surface area contributed by atoms with Gasteiger partial charge in [0.2, 0.25) is 0 Å². The maximum atomic E-state index is 11.8. The summed E-state index contributed by atoms with van der Waals surface area (Å²) in [5.41, 5.74) is 0. The van der Waals surface area contributed by atoms with Gasteiger partial charge in [0.05, 0.1) is 13.2 Å². The molecule has 1 aliphatic rings. The third-order valence-electron chi connectivity index (χ3n) is 2.89. The minimum atomic E-state index is -3.68. The zero-order valence-electron chi connectivity index (χ0n) is 10.6. The van der Waals surface area contributed by atoms with Crippen LogP contribution in [0.1, 0.15) is 20.3 Å². The van der Waals surface area contributed by atoms with Crippen molar-refractivity contribution in [2.75, 3.05) is 19.4 Å². The SMILES string of the molecule is CCOC(=O)C(C)(CC1CNC(=O)O1)S(C)(=O)=O. The molecule has 1 rings (SSSR count). The summed E-state index contributed by atoms with van der Waals surface area (Å²) in [5, 5.41) is 2.41. The molecule has 1 heterocycles. The minimum absolute atomic E-state index is 0.0899. The van der Waals surface area contributed by atoms with Crippen LogP contribution in [0.5, 0.6) is 0 Å². The highest BCUT2D eigenvalue weighted by atomic mass is 32.2. The third-order valence-corrected chi connectivity index (χ3v) is 4.86. The Balaban J connectivity index is 2.92. The molecule has 1 fully saturated rings. The molecule has 1 amide bonds. The number of ether oxygens (including phenoxy) is 2. The summed E-state index contributed by atoms with van der Waals surface area (Å²) in [6.45, 7) is 3.15. The van der Waals surface area contributed by atoms with E-state index < -0.39 is 32.8 Å². The second-order valence-electron chi connectivity index (χ2n) is 4.34. The molecule has 0 aromatic carbocycles. The highest BCUT2D eigenvalue weighted by molar-refractivity contribution is 7.92. The van der Waals surface area contributed by atoms with Gasteiger partial charge in [-0.1, -0.05) is 0 Å². The van der Waals surface area contributed by atoms with Gasteiger partial charge in [-0.25, -0.2) is 13.2 Å². The minimum Gasteiger partial charge on any atom is -0.465 e. The van der Waals surface area contributed by atoms with Crippen LogP contribution in [-0.2, 0) is 24.1 Å². The number of hydrogen-bond acceptors (Lipinski definition) is 6. The molecule has 2 atom stereocenters. The number of amides is 1. The van der Waals surface area contributed by atoms with Crippen LogP contribution in [0.15, 0.2) is 0 Å². The third kappa shape index (κ3) is 2.92. The van der Waals surface area contributed by atoms with Crippen LogP contribution in [0.3, 0.4) is 0 Å². The summed E-state index contributed by atoms with van der Waals surface area (Å²) >= 11 is 0. The average molecular weight is 279 g/mol. The standard InChI is InChI=1S/C10H17NO6S/c1-4-16-8(12)10(2,18(3,14)15)5-7-6-11-9(13)17-7/h7H,4-6H2,1-3H3,(H,11,13). The Kier molecular flexibility index (Phi) is 4.20. The smallest absolute Gasteiger partial charge is 0.407 e. The molecule has 1 aliphatic heterocycles. The molecule has 8 heteroatoms. The first-order valence-corrected chi connectivity index (χ1v) is 7.41. The lowest BCUT2D eigenvalue weighted by Crippen LogP contribution is -2.47. The number of carbonyl (C=O) groups excluding carboxylic acids is 2. The number of esters is 1. The summed E-state index contributed by atoms with van der Waals surface area (Å²) in [7, 11) is -3.68. The summed E-state index contributed by atoms with van der Waals surface area (Å²) in [6, 6.07) is 0. The van der Waals surface area contributed by atoms with Crippen molar-refractivity contribution in [3.8, 4) is 0 Å². The van der Waals surface area contributed by atoms with Crippen LogP contribution in [0.2, 0.25) is 0 Å². The molecule has 0 bridgehead atoms. The Bertz CT molecular complexity index is 445. The molecule has 0 spiro atoms. The van der Waals surface area contributed by atoms with Gasteiger partial charge in [0.25, 0.3) is 0 Å². The van der Waals surface area contributed by atoms with E-state index in [0.29, 0.717) is 0 Å². The Hall–Kier alpha value is -1.31. The predicted octanol–water partition coefficient (Wildman–Crippen LogP) is -0.149. The van der Waals surface area contributed by atoms with E-state index in [-0.39, 0.29) is 19.6 Å². The van der Waals surface area contributed by atoms with Crippen molar-refractivity contribution in [3.63, 3.8) is 0 Å². The zero-order valence-corrected chi connectivity index (χ0v) is 11.4. The number of sulfone groups is 1. The lowest BCUT2D eigenvalue weighted by atomic mass is 10.0.